The third-order valence-electron chi connectivity index (χ3n) is 3.96. The Morgan fingerprint density at radius 3 is 2.95 bits per heavy atom. The van der Waals surface area contributed by atoms with E-state index < -0.39 is 0 Å². The van der Waals surface area contributed by atoms with Gasteiger partial charge in [0.2, 0.25) is 5.89 Å². The third kappa shape index (κ3) is 3.10. The molecule has 20 heavy (non-hydrogen) atoms. The van der Waals surface area contributed by atoms with E-state index in [0.29, 0.717) is 18.4 Å². The lowest BCUT2D eigenvalue weighted by molar-refractivity contribution is 0.325. The lowest BCUT2D eigenvalue weighted by Crippen LogP contribution is -2.18. The van der Waals surface area contributed by atoms with Crippen molar-refractivity contribution in [2.24, 2.45) is 0 Å². The predicted octanol–water partition coefficient (Wildman–Crippen LogP) is 3.56. The first kappa shape index (κ1) is 13.4. The Hall–Kier alpha value is -1.62. The molecule has 0 amide bonds. The largest absolute Gasteiger partial charge is 0.468 e. The number of nitrogens with one attached hydrogen (secondary N) is 1. The van der Waals surface area contributed by atoms with E-state index in [4.69, 9.17) is 8.94 Å². The second-order valence-electron chi connectivity index (χ2n) is 5.51. The second kappa shape index (κ2) is 6.22. The Morgan fingerprint density at radius 1 is 1.35 bits per heavy atom. The summed E-state index contributed by atoms with van der Waals surface area (Å²) in [5, 5.41) is 7.48. The summed E-state index contributed by atoms with van der Waals surface area (Å²) in [6.45, 7) is 2.69. The highest BCUT2D eigenvalue weighted by molar-refractivity contribution is 5.01. The van der Waals surface area contributed by atoms with Gasteiger partial charge in [0.1, 0.15) is 5.76 Å². The average Bonchev–Trinajstić information content (AvgIpc) is 3.17. The van der Waals surface area contributed by atoms with Crippen molar-refractivity contribution >= 4 is 0 Å². The Balaban J connectivity index is 1.57. The van der Waals surface area contributed by atoms with E-state index in [2.05, 4.69) is 15.5 Å². The molecular weight excluding hydrogens is 254 g/mol. The van der Waals surface area contributed by atoms with Gasteiger partial charge in [-0.2, -0.15) is 4.98 Å². The van der Waals surface area contributed by atoms with Gasteiger partial charge in [-0.3, -0.25) is 5.32 Å². The van der Waals surface area contributed by atoms with Gasteiger partial charge >= 0.3 is 0 Å². The fourth-order valence-electron chi connectivity index (χ4n) is 2.70. The quantitative estimate of drug-likeness (QED) is 0.903. The van der Waals surface area contributed by atoms with Crippen LogP contribution >= 0.6 is 0 Å². The monoisotopic (exact) mass is 275 g/mol. The van der Waals surface area contributed by atoms with E-state index in [0.717, 1.165) is 11.6 Å². The summed E-state index contributed by atoms with van der Waals surface area (Å²) in [4.78, 5) is 4.56. The number of nitrogens with zero attached hydrogens (tertiary/aromatic N) is 2. The summed E-state index contributed by atoms with van der Waals surface area (Å²) >= 11 is 0. The van der Waals surface area contributed by atoms with Crippen LogP contribution in [0.5, 0.6) is 0 Å². The molecule has 1 N–H and O–H groups in total. The molecule has 5 nitrogen and oxygen atoms in total. The molecule has 2 aromatic heterocycles. The fourth-order valence-corrected chi connectivity index (χ4v) is 2.70. The summed E-state index contributed by atoms with van der Waals surface area (Å²) in [6.07, 6.45) is 7.94. The van der Waals surface area contributed by atoms with Crippen LogP contribution in [0.4, 0.5) is 0 Å². The minimum Gasteiger partial charge on any atom is -0.468 e. The van der Waals surface area contributed by atoms with Crippen LogP contribution < -0.4 is 5.32 Å². The minimum atomic E-state index is 0.0324. The van der Waals surface area contributed by atoms with Crippen LogP contribution in [0.2, 0.25) is 0 Å². The number of hydrogen-bond acceptors (Lipinski definition) is 5. The molecule has 0 aliphatic heterocycles. The highest BCUT2D eigenvalue weighted by atomic mass is 16.5. The molecule has 2 heterocycles. The van der Waals surface area contributed by atoms with E-state index in [1.54, 1.807) is 6.26 Å². The molecule has 0 spiro atoms. The Bertz CT molecular complexity index is 515. The number of hydrogen-bond donors (Lipinski definition) is 1. The molecule has 1 atom stereocenters. The molecule has 5 heteroatoms. The van der Waals surface area contributed by atoms with Crippen LogP contribution in [0.1, 0.15) is 68.5 Å². The van der Waals surface area contributed by atoms with Crippen LogP contribution in [0.15, 0.2) is 27.3 Å². The smallest absolute Gasteiger partial charge is 0.243 e. The molecule has 2 aromatic rings. The van der Waals surface area contributed by atoms with Gasteiger partial charge in [0.15, 0.2) is 5.82 Å². The van der Waals surface area contributed by atoms with Gasteiger partial charge < -0.3 is 8.94 Å². The third-order valence-corrected chi connectivity index (χ3v) is 3.96. The zero-order valence-electron chi connectivity index (χ0n) is 11.8. The van der Waals surface area contributed by atoms with Crippen molar-refractivity contribution in [1.29, 1.82) is 0 Å². The highest BCUT2D eigenvalue weighted by Crippen LogP contribution is 2.31. The maximum atomic E-state index is 5.40. The molecule has 1 unspecified atom stereocenters. The maximum Gasteiger partial charge on any atom is 0.243 e. The predicted molar refractivity (Wildman–Crippen MR) is 74.1 cm³/mol. The number of aromatic nitrogens is 2. The summed E-state index contributed by atoms with van der Waals surface area (Å²) in [6, 6.07) is 3.86. The molecular formula is C15H21N3O2. The first-order valence-corrected chi connectivity index (χ1v) is 7.42. The van der Waals surface area contributed by atoms with Crippen LogP contribution in [0.25, 0.3) is 0 Å². The number of furan rings is 1. The van der Waals surface area contributed by atoms with E-state index in [-0.39, 0.29) is 6.04 Å². The van der Waals surface area contributed by atoms with Crippen LogP contribution in [0.3, 0.4) is 0 Å². The summed E-state index contributed by atoms with van der Waals surface area (Å²) in [5.74, 6) is 2.94. The molecule has 0 saturated heterocycles. The lowest BCUT2D eigenvalue weighted by atomic mass is 9.89. The topological polar surface area (TPSA) is 64.1 Å². The lowest BCUT2D eigenvalue weighted by Gasteiger charge is -2.17. The van der Waals surface area contributed by atoms with Crippen molar-refractivity contribution in [2.45, 2.75) is 57.5 Å². The zero-order valence-corrected chi connectivity index (χ0v) is 11.8. The van der Waals surface area contributed by atoms with Gasteiger partial charge in [-0.15, -0.1) is 0 Å². The zero-order chi connectivity index (χ0) is 13.8. The van der Waals surface area contributed by atoms with Gasteiger partial charge in [0, 0.05) is 5.92 Å². The van der Waals surface area contributed by atoms with E-state index >= 15 is 0 Å². The van der Waals surface area contributed by atoms with Gasteiger partial charge in [-0.25, -0.2) is 0 Å². The van der Waals surface area contributed by atoms with Crippen molar-refractivity contribution in [3.05, 3.63) is 35.9 Å². The summed E-state index contributed by atoms with van der Waals surface area (Å²) < 4.78 is 10.7. The van der Waals surface area contributed by atoms with Crippen molar-refractivity contribution in [3.63, 3.8) is 0 Å². The SMILES string of the molecule is CC(NCc1ccco1)c1nc(C2CCCCC2)no1. The molecule has 1 fully saturated rings. The van der Waals surface area contributed by atoms with Crippen molar-refractivity contribution in [3.8, 4) is 0 Å². The van der Waals surface area contributed by atoms with Crippen molar-refractivity contribution < 1.29 is 8.94 Å². The summed E-state index contributed by atoms with van der Waals surface area (Å²) in [5.41, 5.74) is 0. The Labute approximate surface area is 118 Å². The summed E-state index contributed by atoms with van der Waals surface area (Å²) in [7, 11) is 0. The standard InChI is InChI=1S/C15H21N3O2/c1-11(16-10-13-8-5-9-19-13)15-17-14(18-20-15)12-6-3-2-4-7-12/h5,8-9,11-12,16H,2-4,6-7,10H2,1H3. The van der Waals surface area contributed by atoms with Crippen LogP contribution in [-0.2, 0) is 6.54 Å². The molecule has 1 aliphatic carbocycles. The molecule has 108 valence electrons. The van der Waals surface area contributed by atoms with Gasteiger partial charge in [0.05, 0.1) is 18.8 Å². The van der Waals surface area contributed by atoms with E-state index in [9.17, 15) is 0 Å². The molecule has 0 aromatic carbocycles. The van der Waals surface area contributed by atoms with Gasteiger partial charge in [-0.1, -0.05) is 24.4 Å². The number of rotatable bonds is 5. The molecule has 0 radical (unpaired) electrons. The Kier molecular flexibility index (Phi) is 4.16. The van der Waals surface area contributed by atoms with Crippen molar-refractivity contribution in [2.75, 3.05) is 0 Å². The average molecular weight is 275 g/mol. The van der Waals surface area contributed by atoms with Gasteiger partial charge in [-0.05, 0) is 31.9 Å². The normalized spacial score (nSPS) is 18.2. The van der Waals surface area contributed by atoms with Crippen LogP contribution in [0, 0.1) is 0 Å². The molecule has 0 bridgehead atoms. The Morgan fingerprint density at radius 2 is 2.20 bits per heavy atom. The maximum absolute atomic E-state index is 5.40. The first-order chi connectivity index (χ1) is 9.83. The van der Waals surface area contributed by atoms with E-state index in [1.807, 2.05) is 19.1 Å². The van der Waals surface area contributed by atoms with Crippen molar-refractivity contribution in [1.82, 2.24) is 15.5 Å². The minimum absolute atomic E-state index is 0.0324. The molecule has 1 aliphatic rings. The molecule has 1 saturated carbocycles. The first-order valence-electron chi connectivity index (χ1n) is 7.42. The van der Waals surface area contributed by atoms with E-state index in [1.165, 1.54) is 32.1 Å². The second-order valence-corrected chi connectivity index (χ2v) is 5.51. The fraction of sp³-hybridized carbons (Fsp3) is 0.600. The highest BCUT2D eigenvalue weighted by Gasteiger charge is 2.22. The van der Waals surface area contributed by atoms with Crippen LogP contribution in [-0.4, -0.2) is 10.1 Å². The van der Waals surface area contributed by atoms with Gasteiger partial charge in [0.25, 0.3) is 0 Å². The molecule has 3 rings (SSSR count).